The Morgan fingerprint density at radius 1 is 0.684 bits per heavy atom. The van der Waals surface area contributed by atoms with Crippen molar-refractivity contribution in [3.63, 3.8) is 0 Å². The van der Waals surface area contributed by atoms with Gasteiger partial charge in [-0.25, -0.2) is 18.2 Å². The number of nitrogens with zero attached hydrogens (tertiary/aromatic N) is 6. The minimum Gasteiger partial charge on any atom is -0.465 e. The zero-order valence-corrected chi connectivity index (χ0v) is 45.8. The summed E-state index contributed by atoms with van der Waals surface area (Å²) in [5.74, 6) is -1.05. The van der Waals surface area contributed by atoms with Crippen LogP contribution in [0.2, 0.25) is 0 Å². The van der Waals surface area contributed by atoms with Gasteiger partial charge >= 0.3 is 27.4 Å². The Labute approximate surface area is 453 Å². The van der Waals surface area contributed by atoms with Crippen LogP contribution in [-0.4, -0.2) is 125 Å². The van der Waals surface area contributed by atoms with Crippen LogP contribution in [0.15, 0.2) is 109 Å². The van der Waals surface area contributed by atoms with Gasteiger partial charge in [0.1, 0.15) is 71.3 Å². The van der Waals surface area contributed by atoms with Gasteiger partial charge in [0.05, 0.1) is 59.7 Å². The van der Waals surface area contributed by atoms with Gasteiger partial charge in [0.25, 0.3) is 0 Å². The monoisotopic (exact) mass is 1130 g/mol. The number of nitriles is 2. The Bertz CT molecular complexity index is 3320. The van der Waals surface area contributed by atoms with Crippen LogP contribution in [0.25, 0.3) is 11.0 Å². The van der Waals surface area contributed by atoms with E-state index < -0.39 is 106 Å². The van der Waals surface area contributed by atoms with Crippen LogP contribution in [0.5, 0.6) is 11.5 Å². The summed E-state index contributed by atoms with van der Waals surface area (Å²) < 4.78 is 75.2. The number of ether oxygens (including phenoxy) is 4. The van der Waals surface area contributed by atoms with Gasteiger partial charge in [-0.2, -0.15) is 30.9 Å². The maximum atomic E-state index is 13.9. The van der Waals surface area contributed by atoms with E-state index in [1.807, 2.05) is 12.1 Å². The zero-order valence-electron chi connectivity index (χ0n) is 44.0. The Hall–Kier alpha value is -7.00. The summed E-state index contributed by atoms with van der Waals surface area (Å²) in [6.45, 7) is 9.68. The van der Waals surface area contributed by atoms with Crippen molar-refractivity contribution >= 4 is 49.8 Å². The SMILES string of the molecule is CC(C)OC(=O)C(C)(C)NP(=O)(OC[C@H]1O[C@@](C#N)(c2ccc3c(N)ccnn23)[C@H](O)[C@@H]1O)Oc1ccccc1.CCOC(=O)C(C)(C)NP(=O)(OC[C@H]1O[C@@](C#N)(c2ccc3c(N)ccnn23)[C@H](O)[C@@H]1O)Oc1ccccc1. The lowest BCUT2D eigenvalue weighted by molar-refractivity contribution is -0.153. The highest BCUT2D eigenvalue weighted by molar-refractivity contribution is 7.52. The summed E-state index contributed by atoms with van der Waals surface area (Å²) >= 11 is 0. The number of nitrogens with two attached hydrogens (primary N) is 2. The predicted octanol–water partition coefficient (Wildman–Crippen LogP) is 4.17. The molecule has 0 radical (unpaired) electrons. The van der Waals surface area contributed by atoms with Crippen LogP contribution in [0.4, 0.5) is 11.4 Å². The van der Waals surface area contributed by atoms with Crippen molar-refractivity contribution in [2.45, 2.75) is 113 Å². The molecule has 28 heteroatoms. The number of carbonyl (C=O) groups is 2. The standard InChI is InChI=1S/C26H32N5O8P.C25H30N5O8P/c1-16(2)37-24(34)25(3,4)30-40(35,39-17-8-6-5-7-9-17)36-14-20-22(32)23(33)26(15-27,38-20)21-11-10-19-18(28)12-13-29-31(19)21;1-4-35-23(33)24(2,3)29-39(34,38-16-8-6-5-7-9-16)36-14-19-21(31)22(32)25(15-26,37-19)20-11-10-18-17(27)12-13-28-30(18)20/h5-13,16,20,22-23,32-33H,14,28H2,1-4H3,(H,30,35);5-13,19,21-22,31-32H,4,14,27H2,1-3H3,(H,29,34)/t20-,22-,23-,26+,40?;19-,21-,22-,25+,39?/m11/s1. The first-order valence-corrected chi connectivity index (χ1v) is 27.7. The fraction of sp³-hybridized carbons (Fsp3) is 0.412. The molecule has 2 saturated heterocycles. The third-order valence-corrected chi connectivity index (χ3v) is 16.0. The first-order valence-electron chi connectivity index (χ1n) is 24.6. The van der Waals surface area contributed by atoms with Crippen LogP contribution < -0.4 is 30.7 Å². The Morgan fingerprint density at radius 2 is 1.08 bits per heavy atom. The van der Waals surface area contributed by atoms with Crippen LogP contribution >= 0.6 is 15.5 Å². The van der Waals surface area contributed by atoms with Gasteiger partial charge in [-0.1, -0.05) is 36.4 Å². The van der Waals surface area contributed by atoms with Crippen molar-refractivity contribution in [1.82, 2.24) is 29.4 Å². The van der Waals surface area contributed by atoms with Gasteiger partial charge in [0, 0.05) is 12.4 Å². The number of aliphatic hydroxyl groups is 4. The highest BCUT2D eigenvalue weighted by atomic mass is 31.2. The molecule has 6 heterocycles. The van der Waals surface area contributed by atoms with E-state index in [-0.39, 0.29) is 29.5 Å². The Balaban J connectivity index is 0.000000229. The van der Waals surface area contributed by atoms with Gasteiger partial charge in [-0.15, -0.1) is 0 Å². The number of esters is 2. The molecule has 2 fully saturated rings. The van der Waals surface area contributed by atoms with Gasteiger partial charge < -0.3 is 59.9 Å². The molecule has 0 amide bonds. The van der Waals surface area contributed by atoms with Crippen molar-refractivity contribution in [2.75, 3.05) is 31.3 Å². The third kappa shape index (κ3) is 12.6. The molecule has 8 rings (SSSR count). The molecule has 2 aliphatic rings. The Kier molecular flexibility index (Phi) is 17.9. The van der Waals surface area contributed by atoms with Crippen molar-refractivity contribution < 1.29 is 76.2 Å². The number of hydrogen-bond acceptors (Lipinski definition) is 22. The second kappa shape index (κ2) is 23.8. The van der Waals surface area contributed by atoms with Crippen LogP contribution in [0, 0.1) is 22.7 Å². The molecular weight excluding hydrogens is 1070 g/mol. The third-order valence-electron chi connectivity index (χ3n) is 12.4. The lowest BCUT2D eigenvalue weighted by Crippen LogP contribution is -2.48. The number of aromatic nitrogens is 4. The van der Waals surface area contributed by atoms with Crippen molar-refractivity contribution in [2.24, 2.45) is 0 Å². The number of para-hydroxylation sites is 2. The topological polar surface area (TPSA) is 381 Å². The van der Waals surface area contributed by atoms with Gasteiger partial charge in [0.15, 0.2) is 0 Å². The van der Waals surface area contributed by atoms with Crippen molar-refractivity contribution in [3.8, 4) is 23.6 Å². The molecule has 2 aromatic carbocycles. The van der Waals surface area contributed by atoms with Crippen LogP contribution in [0.1, 0.15) is 59.9 Å². The molecule has 10 N–H and O–H groups in total. The maximum absolute atomic E-state index is 13.9. The molecular formula is C51H62N10O16P2. The fourth-order valence-corrected chi connectivity index (χ4v) is 11.8. The minimum absolute atomic E-state index is 0.0970. The highest BCUT2D eigenvalue weighted by Crippen LogP contribution is 2.50. The predicted molar refractivity (Wildman–Crippen MR) is 281 cm³/mol. The van der Waals surface area contributed by atoms with Gasteiger partial charge in [-0.3, -0.25) is 18.6 Å². The fourth-order valence-electron chi connectivity index (χ4n) is 8.46. The molecule has 0 bridgehead atoms. The minimum atomic E-state index is -4.36. The molecule has 2 unspecified atom stereocenters. The first-order chi connectivity index (χ1) is 37.3. The molecule has 26 nitrogen and oxygen atoms in total. The lowest BCUT2D eigenvalue weighted by Gasteiger charge is -2.30. The number of nitrogens with one attached hydrogen (secondary N) is 2. The van der Waals surface area contributed by atoms with Gasteiger partial charge in [0.2, 0.25) is 11.2 Å². The summed E-state index contributed by atoms with van der Waals surface area (Å²) in [7, 11) is -8.69. The summed E-state index contributed by atoms with van der Waals surface area (Å²) in [6.07, 6.45) is -6.96. The normalized spacial score (nSPS) is 24.6. The van der Waals surface area contributed by atoms with E-state index in [1.165, 1.54) is 73.4 Å². The van der Waals surface area contributed by atoms with E-state index in [9.17, 15) is 49.7 Å². The van der Waals surface area contributed by atoms with Crippen LogP contribution in [-0.2, 0) is 57.9 Å². The number of nitrogen functional groups attached to an aromatic ring is 2. The van der Waals surface area contributed by atoms with E-state index in [4.69, 9.17) is 48.5 Å². The Morgan fingerprint density at radius 3 is 1.44 bits per heavy atom. The summed E-state index contributed by atoms with van der Waals surface area (Å²) in [5.41, 5.74) is 6.83. The number of anilines is 2. The number of carbonyl (C=O) groups excluding carboxylic acids is 2. The lowest BCUT2D eigenvalue weighted by atomic mass is 9.92. The maximum Gasteiger partial charge on any atom is 0.459 e. The number of fused-ring (bicyclic) bond motifs is 2. The number of rotatable bonds is 20. The quantitative estimate of drug-likeness (QED) is 0.0393. The second-order valence-electron chi connectivity index (χ2n) is 19.5. The van der Waals surface area contributed by atoms with Crippen molar-refractivity contribution in [1.29, 1.82) is 10.5 Å². The van der Waals surface area contributed by atoms with E-state index in [2.05, 4.69) is 20.4 Å². The van der Waals surface area contributed by atoms with Crippen LogP contribution in [0.3, 0.4) is 0 Å². The summed E-state index contributed by atoms with van der Waals surface area (Å²) in [5, 5.41) is 77.5. The number of aliphatic hydroxyl groups excluding tert-OH is 4. The molecule has 79 heavy (non-hydrogen) atoms. The summed E-state index contributed by atoms with van der Waals surface area (Å²) in [6, 6.07) is 29.5. The molecule has 4 aromatic heterocycles. The average molecular weight is 1130 g/mol. The molecule has 422 valence electrons. The van der Waals surface area contributed by atoms with Crippen molar-refractivity contribution in [3.05, 3.63) is 121 Å². The zero-order chi connectivity index (χ0) is 57.7. The van der Waals surface area contributed by atoms with Gasteiger partial charge in [-0.05, 0) is 109 Å². The second-order valence-corrected chi connectivity index (χ2v) is 22.8. The molecule has 10 atom stereocenters. The average Bonchev–Trinajstić information content (AvgIpc) is 4.15. The van der Waals surface area contributed by atoms with E-state index in [0.29, 0.717) is 22.4 Å². The molecule has 0 spiro atoms. The number of benzene rings is 2. The molecule has 0 aliphatic carbocycles. The molecule has 6 aromatic rings. The van der Waals surface area contributed by atoms with E-state index in [1.54, 1.807) is 93.6 Å². The largest absolute Gasteiger partial charge is 0.465 e. The smallest absolute Gasteiger partial charge is 0.459 e. The first kappa shape index (κ1) is 59.7. The summed E-state index contributed by atoms with van der Waals surface area (Å²) in [4.78, 5) is 25.1. The molecule has 0 saturated carbocycles. The molecule has 2 aliphatic heterocycles. The highest BCUT2D eigenvalue weighted by Gasteiger charge is 2.59. The van der Waals surface area contributed by atoms with E-state index >= 15 is 0 Å². The number of hydrogen-bond donors (Lipinski definition) is 8. The van der Waals surface area contributed by atoms with E-state index in [0.717, 1.165) is 0 Å².